The number of fused-ring (bicyclic) bond motifs is 1. The van der Waals surface area contributed by atoms with Gasteiger partial charge < -0.3 is 11.1 Å². The summed E-state index contributed by atoms with van der Waals surface area (Å²) in [5, 5.41) is 11.9. The number of carbonyl (C=O) groups excluding carboxylic acids is 1. The van der Waals surface area contributed by atoms with E-state index in [1.807, 2.05) is 13.8 Å². The van der Waals surface area contributed by atoms with E-state index >= 15 is 0 Å². The summed E-state index contributed by atoms with van der Waals surface area (Å²) in [4.78, 5) is 13.6. The van der Waals surface area contributed by atoms with Gasteiger partial charge in [0.15, 0.2) is 0 Å². The molecular weight excluding hydrogens is 332 g/mol. The van der Waals surface area contributed by atoms with E-state index in [9.17, 15) is 9.00 Å². The molecule has 3 rings (SSSR count). The lowest BCUT2D eigenvalue weighted by atomic mass is 10.1. The van der Waals surface area contributed by atoms with Gasteiger partial charge >= 0.3 is 0 Å². The molecule has 2 unspecified atom stereocenters. The van der Waals surface area contributed by atoms with E-state index in [1.54, 1.807) is 0 Å². The number of nitrogens with one attached hydrogen (secondary N) is 1. The molecule has 0 saturated carbocycles. The molecule has 1 aliphatic rings. The summed E-state index contributed by atoms with van der Waals surface area (Å²) in [6, 6.07) is 0. The maximum atomic E-state index is 12.4. The van der Waals surface area contributed by atoms with Crippen LogP contribution in [0.5, 0.6) is 0 Å². The maximum absolute atomic E-state index is 12.4. The second kappa shape index (κ2) is 5.76. The van der Waals surface area contributed by atoms with E-state index in [1.165, 1.54) is 11.3 Å². The molecule has 1 fully saturated rings. The van der Waals surface area contributed by atoms with Crippen molar-refractivity contribution < 1.29 is 9.00 Å². The molecular formula is C15H20N4O2S2. The second-order valence-corrected chi connectivity index (χ2v) is 9.81. The molecule has 0 radical (unpaired) electrons. The molecule has 3 heterocycles. The van der Waals surface area contributed by atoms with Gasteiger partial charge in [0.25, 0.3) is 5.91 Å². The Morgan fingerprint density at radius 3 is 2.87 bits per heavy atom. The predicted molar refractivity (Wildman–Crippen MR) is 96.7 cm³/mol. The summed E-state index contributed by atoms with van der Waals surface area (Å²) in [7, 11) is -1.94. The largest absolute Gasteiger partial charge is 0.397 e. The van der Waals surface area contributed by atoms with Gasteiger partial charge in [0.2, 0.25) is 0 Å². The predicted octanol–water partition coefficient (Wildman–Crippen LogP) is 1.36. The van der Waals surface area contributed by atoms with Gasteiger partial charge in [0.05, 0.1) is 11.4 Å². The van der Waals surface area contributed by atoms with Crippen LogP contribution in [-0.2, 0) is 9.52 Å². The first-order valence-electron chi connectivity index (χ1n) is 7.41. The number of aromatic nitrogens is 2. The Hall–Kier alpha value is -1.67. The van der Waals surface area contributed by atoms with E-state index < -0.39 is 9.52 Å². The zero-order chi connectivity index (χ0) is 16.8. The van der Waals surface area contributed by atoms with Crippen molar-refractivity contribution in [3.63, 3.8) is 0 Å². The summed E-state index contributed by atoms with van der Waals surface area (Å²) >= 11 is 1.26. The van der Waals surface area contributed by atoms with Crippen LogP contribution in [0.1, 0.15) is 27.3 Å². The SMILES string of the molecule is C=S1(=O)CCC(CNC(=O)c2sc3nnc(C)c(C)c3c2N)C1. The van der Waals surface area contributed by atoms with Gasteiger partial charge in [-0.1, -0.05) is 0 Å². The first kappa shape index (κ1) is 16.2. The Kier molecular flexibility index (Phi) is 4.05. The van der Waals surface area contributed by atoms with Crippen LogP contribution < -0.4 is 11.1 Å². The lowest BCUT2D eigenvalue weighted by Crippen LogP contribution is -2.29. The maximum Gasteiger partial charge on any atom is 0.263 e. The van der Waals surface area contributed by atoms with E-state index in [4.69, 9.17) is 5.73 Å². The number of hydrogen-bond acceptors (Lipinski definition) is 6. The van der Waals surface area contributed by atoms with Gasteiger partial charge in [-0.15, -0.1) is 16.4 Å². The number of nitrogens with two attached hydrogens (primary N) is 1. The minimum atomic E-state index is -1.94. The Morgan fingerprint density at radius 2 is 2.22 bits per heavy atom. The van der Waals surface area contributed by atoms with Crippen LogP contribution in [0, 0.1) is 19.8 Å². The van der Waals surface area contributed by atoms with Crippen LogP contribution in [0.2, 0.25) is 0 Å². The van der Waals surface area contributed by atoms with E-state index in [0.717, 1.165) is 23.1 Å². The third kappa shape index (κ3) is 3.05. The molecule has 2 atom stereocenters. The fraction of sp³-hybridized carbons (Fsp3) is 0.467. The number of nitrogen functional groups attached to an aromatic ring is 1. The summed E-state index contributed by atoms with van der Waals surface area (Å²) in [5.41, 5.74) is 8.39. The fourth-order valence-electron chi connectivity index (χ4n) is 2.87. The first-order valence-corrected chi connectivity index (χ1v) is 10.3. The average Bonchev–Trinajstić information content (AvgIpc) is 3.01. The number of thiophene rings is 1. The Bertz CT molecular complexity index is 887. The number of rotatable bonds is 3. The highest BCUT2D eigenvalue weighted by molar-refractivity contribution is 8.00. The molecule has 2 aromatic rings. The number of aryl methyl sites for hydroxylation is 2. The number of hydrogen-bond donors (Lipinski definition) is 2. The van der Waals surface area contributed by atoms with Crippen LogP contribution in [-0.4, -0.2) is 44.2 Å². The standard InChI is InChI=1S/C15H20N4O2S2/c1-8-9(2)18-19-15-11(8)12(16)13(22-15)14(20)17-6-10-4-5-23(3,21)7-10/h10H,3-7,16H2,1-2H3,(H,17,20). The molecule has 8 heteroatoms. The van der Waals surface area contributed by atoms with Crippen LogP contribution in [0.4, 0.5) is 5.69 Å². The molecule has 1 aliphatic heterocycles. The van der Waals surface area contributed by atoms with Crippen LogP contribution in [0.3, 0.4) is 0 Å². The quantitative estimate of drug-likeness (QED) is 0.813. The summed E-state index contributed by atoms with van der Waals surface area (Å²) < 4.78 is 11.9. The average molecular weight is 352 g/mol. The highest BCUT2D eigenvalue weighted by Crippen LogP contribution is 2.34. The van der Waals surface area contributed by atoms with E-state index in [2.05, 4.69) is 21.4 Å². The Labute approximate surface area is 139 Å². The van der Waals surface area contributed by atoms with Gasteiger partial charge in [0.1, 0.15) is 9.71 Å². The molecule has 0 bridgehead atoms. The van der Waals surface area contributed by atoms with Crippen molar-refractivity contribution in [2.24, 2.45) is 5.92 Å². The van der Waals surface area contributed by atoms with Crippen molar-refractivity contribution >= 4 is 48.5 Å². The topological polar surface area (TPSA) is 98.0 Å². The lowest BCUT2D eigenvalue weighted by molar-refractivity contribution is 0.0953. The minimum absolute atomic E-state index is 0.204. The number of amides is 1. The molecule has 0 aliphatic carbocycles. The van der Waals surface area contributed by atoms with Crippen LogP contribution in [0.15, 0.2) is 0 Å². The van der Waals surface area contributed by atoms with Gasteiger partial charge in [-0.2, -0.15) is 5.10 Å². The highest BCUT2D eigenvalue weighted by Gasteiger charge is 2.25. The molecule has 3 N–H and O–H groups in total. The summed E-state index contributed by atoms with van der Waals surface area (Å²) in [5.74, 6) is 5.00. The highest BCUT2D eigenvalue weighted by atomic mass is 32.2. The Balaban J connectivity index is 1.79. The number of nitrogens with zero attached hydrogens (tertiary/aromatic N) is 2. The summed E-state index contributed by atoms with van der Waals surface area (Å²) in [6.45, 7) is 4.30. The monoisotopic (exact) mass is 352 g/mol. The fourth-order valence-corrected chi connectivity index (χ4v) is 5.96. The van der Waals surface area contributed by atoms with Gasteiger partial charge in [-0.25, -0.2) is 0 Å². The Morgan fingerprint density at radius 1 is 1.48 bits per heavy atom. The van der Waals surface area contributed by atoms with E-state index in [-0.39, 0.29) is 11.8 Å². The number of carbonyl (C=O) groups is 1. The van der Waals surface area contributed by atoms with Gasteiger partial charge in [0, 0.05) is 23.4 Å². The zero-order valence-electron chi connectivity index (χ0n) is 13.2. The first-order chi connectivity index (χ1) is 10.8. The van der Waals surface area contributed by atoms with Crippen LogP contribution >= 0.6 is 11.3 Å². The van der Waals surface area contributed by atoms with Crippen molar-refractivity contribution in [2.75, 3.05) is 23.8 Å². The molecule has 0 spiro atoms. The van der Waals surface area contributed by atoms with Crippen molar-refractivity contribution in [1.82, 2.24) is 15.5 Å². The summed E-state index contributed by atoms with van der Waals surface area (Å²) in [6.07, 6.45) is 0.842. The lowest BCUT2D eigenvalue weighted by Gasteiger charge is -2.09. The zero-order valence-corrected chi connectivity index (χ0v) is 14.9. The third-order valence-corrected chi connectivity index (χ3v) is 7.48. The van der Waals surface area contributed by atoms with Crippen molar-refractivity contribution in [2.45, 2.75) is 20.3 Å². The second-order valence-electron chi connectivity index (χ2n) is 6.14. The molecule has 0 aromatic carbocycles. The van der Waals surface area contributed by atoms with Crippen molar-refractivity contribution in [1.29, 1.82) is 0 Å². The normalized spacial score (nSPS) is 24.2. The van der Waals surface area contributed by atoms with Crippen molar-refractivity contribution in [3.8, 4) is 0 Å². The van der Waals surface area contributed by atoms with E-state index in [0.29, 0.717) is 33.4 Å². The van der Waals surface area contributed by atoms with Gasteiger partial charge in [-0.05, 0) is 47.1 Å². The van der Waals surface area contributed by atoms with Gasteiger partial charge in [-0.3, -0.25) is 9.00 Å². The minimum Gasteiger partial charge on any atom is -0.397 e. The molecule has 23 heavy (non-hydrogen) atoms. The molecule has 124 valence electrons. The molecule has 6 nitrogen and oxygen atoms in total. The molecule has 2 aromatic heterocycles. The van der Waals surface area contributed by atoms with Crippen molar-refractivity contribution in [3.05, 3.63) is 16.1 Å². The third-order valence-electron chi connectivity index (χ3n) is 4.33. The smallest absolute Gasteiger partial charge is 0.263 e. The van der Waals surface area contributed by atoms with Crippen LogP contribution in [0.25, 0.3) is 10.2 Å². The molecule has 1 amide bonds. The molecule has 1 saturated heterocycles. The number of anilines is 1.